The molecule has 1 aromatic heterocycles. The fourth-order valence-electron chi connectivity index (χ4n) is 1.58. The first kappa shape index (κ1) is 11.2. The smallest absolute Gasteiger partial charge is 0.0669 e. The predicted octanol–water partition coefficient (Wildman–Crippen LogP) is 2.40. The van der Waals surface area contributed by atoms with Gasteiger partial charge in [-0.15, -0.1) is 0 Å². The molecule has 2 rings (SSSR count). The molecule has 0 aliphatic carbocycles. The van der Waals surface area contributed by atoms with Crippen LogP contribution in [0.3, 0.4) is 0 Å². The Bertz CT molecular complexity index is 519. The lowest BCUT2D eigenvalue weighted by molar-refractivity contribution is 1.04. The van der Waals surface area contributed by atoms with Crippen molar-refractivity contribution in [2.75, 3.05) is 5.32 Å². The molecule has 2 aromatic rings. The van der Waals surface area contributed by atoms with Gasteiger partial charge < -0.3 is 5.32 Å². The molecule has 0 aliphatic heterocycles. The molecule has 0 fully saturated rings. The number of nitriles is 1. The summed E-state index contributed by atoms with van der Waals surface area (Å²) in [5.41, 5.74) is 4.33. The minimum atomic E-state index is 0.459. The molecule has 0 unspecified atom stereocenters. The third kappa shape index (κ3) is 2.85. The first-order valence-electron chi connectivity index (χ1n) is 5.48. The maximum absolute atomic E-state index is 8.57. The summed E-state index contributed by atoms with van der Waals surface area (Å²) in [5.74, 6) is 0. The number of benzene rings is 1. The number of H-pyrrole nitrogens is 1. The van der Waals surface area contributed by atoms with Gasteiger partial charge in [-0.1, -0.05) is 12.1 Å². The molecule has 4 nitrogen and oxygen atoms in total. The van der Waals surface area contributed by atoms with Gasteiger partial charge in [0.15, 0.2) is 0 Å². The fourth-order valence-corrected chi connectivity index (χ4v) is 1.58. The van der Waals surface area contributed by atoms with E-state index in [0.29, 0.717) is 6.42 Å². The first-order valence-corrected chi connectivity index (χ1v) is 5.48. The van der Waals surface area contributed by atoms with Crippen molar-refractivity contribution in [1.29, 1.82) is 5.26 Å². The van der Waals surface area contributed by atoms with E-state index in [0.717, 1.165) is 29.1 Å². The Balaban J connectivity index is 1.96. The van der Waals surface area contributed by atoms with Crippen molar-refractivity contribution in [2.24, 2.45) is 0 Å². The van der Waals surface area contributed by atoms with Crippen molar-refractivity contribution >= 4 is 5.69 Å². The predicted molar refractivity (Wildman–Crippen MR) is 66.4 cm³/mol. The Kier molecular flexibility index (Phi) is 3.41. The summed E-state index contributed by atoms with van der Waals surface area (Å²) in [6.45, 7) is 2.75. The zero-order chi connectivity index (χ0) is 12.1. The Hall–Kier alpha value is -2.28. The molecule has 0 aliphatic rings. The number of hydrogen-bond acceptors (Lipinski definition) is 3. The quantitative estimate of drug-likeness (QED) is 0.841. The minimum Gasteiger partial charge on any atom is -0.381 e. The van der Waals surface area contributed by atoms with E-state index in [2.05, 4.69) is 21.6 Å². The van der Waals surface area contributed by atoms with Gasteiger partial charge in [-0.05, 0) is 24.6 Å². The van der Waals surface area contributed by atoms with E-state index in [4.69, 9.17) is 5.26 Å². The molecule has 17 heavy (non-hydrogen) atoms. The number of aromatic nitrogens is 2. The van der Waals surface area contributed by atoms with Gasteiger partial charge in [-0.25, -0.2) is 0 Å². The van der Waals surface area contributed by atoms with Crippen LogP contribution in [0.4, 0.5) is 5.69 Å². The Morgan fingerprint density at radius 1 is 1.35 bits per heavy atom. The lowest BCUT2D eigenvalue weighted by Crippen LogP contribution is -1.99. The molecule has 2 N–H and O–H groups in total. The molecule has 0 saturated heterocycles. The summed E-state index contributed by atoms with van der Waals surface area (Å²) < 4.78 is 0. The highest BCUT2D eigenvalue weighted by atomic mass is 15.1. The average molecular weight is 226 g/mol. The summed E-state index contributed by atoms with van der Waals surface area (Å²) in [4.78, 5) is 0. The van der Waals surface area contributed by atoms with Crippen LogP contribution in [0, 0.1) is 18.3 Å². The largest absolute Gasteiger partial charge is 0.381 e. The van der Waals surface area contributed by atoms with Gasteiger partial charge in [-0.2, -0.15) is 10.4 Å². The Morgan fingerprint density at radius 3 is 2.71 bits per heavy atom. The van der Waals surface area contributed by atoms with E-state index in [1.54, 1.807) is 0 Å². The van der Waals surface area contributed by atoms with Crippen molar-refractivity contribution in [3.63, 3.8) is 0 Å². The second kappa shape index (κ2) is 5.17. The van der Waals surface area contributed by atoms with E-state index in [9.17, 15) is 0 Å². The topological polar surface area (TPSA) is 64.5 Å². The summed E-state index contributed by atoms with van der Waals surface area (Å²) in [7, 11) is 0. The van der Waals surface area contributed by atoms with Gasteiger partial charge in [0.05, 0.1) is 18.7 Å². The van der Waals surface area contributed by atoms with Crippen molar-refractivity contribution in [3.05, 3.63) is 47.3 Å². The normalized spacial score (nSPS) is 9.88. The zero-order valence-corrected chi connectivity index (χ0v) is 9.70. The maximum Gasteiger partial charge on any atom is 0.0669 e. The van der Waals surface area contributed by atoms with Crippen molar-refractivity contribution in [2.45, 2.75) is 19.9 Å². The highest BCUT2D eigenvalue weighted by Crippen LogP contribution is 2.12. The molecule has 0 amide bonds. The van der Waals surface area contributed by atoms with Gasteiger partial charge in [-0.3, -0.25) is 5.10 Å². The Labute approximate surface area is 100 Å². The lowest BCUT2D eigenvalue weighted by Gasteiger charge is -2.06. The maximum atomic E-state index is 8.57. The van der Waals surface area contributed by atoms with E-state index in [1.165, 1.54) is 0 Å². The highest BCUT2D eigenvalue weighted by molar-refractivity contribution is 5.45. The molecule has 86 valence electrons. The van der Waals surface area contributed by atoms with E-state index >= 15 is 0 Å². The summed E-state index contributed by atoms with van der Waals surface area (Å²) in [6.07, 6.45) is 2.29. The molecule has 0 bridgehead atoms. The van der Waals surface area contributed by atoms with Crippen LogP contribution < -0.4 is 5.32 Å². The SMILES string of the molecule is Cc1[nH]ncc1CNc1ccc(CC#N)cc1. The molecule has 0 spiro atoms. The fraction of sp³-hybridized carbons (Fsp3) is 0.231. The van der Waals surface area contributed by atoms with Crippen molar-refractivity contribution in [3.8, 4) is 6.07 Å². The summed E-state index contributed by atoms with van der Waals surface area (Å²) in [6, 6.07) is 10.0. The van der Waals surface area contributed by atoms with Gasteiger partial charge in [0.25, 0.3) is 0 Å². The third-order valence-corrected chi connectivity index (χ3v) is 2.65. The van der Waals surface area contributed by atoms with Gasteiger partial charge in [0, 0.05) is 23.5 Å². The number of hydrogen-bond donors (Lipinski definition) is 2. The van der Waals surface area contributed by atoms with Crippen molar-refractivity contribution < 1.29 is 0 Å². The molecular formula is C13H14N4. The number of anilines is 1. The van der Waals surface area contributed by atoms with Crippen LogP contribution >= 0.6 is 0 Å². The molecule has 0 radical (unpaired) electrons. The number of rotatable bonds is 4. The summed E-state index contributed by atoms with van der Waals surface area (Å²) >= 11 is 0. The average Bonchev–Trinajstić information content (AvgIpc) is 2.75. The standard InChI is InChI=1S/C13H14N4/c1-10-12(9-16-17-10)8-15-13-4-2-11(3-5-13)6-7-14/h2-5,9,15H,6,8H2,1H3,(H,16,17). The van der Waals surface area contributed by atoms with Crippen LogP contribution in [0.15, 0.2) is 30.5 Å². The lowest BCUT2D eigenvalue weighted by atomic mass is 10.1. The second-order valence-corrected chi connectivity index (χ2v) is 3.91. The van der Waals surface area contributed by atoms with E-state index in [1.807, 2.05) is 37.4 Å². The van der Waals surface area contributed by atoms with Gasteiger partial charge in [0.2, 0.25) is 0 Å². The minimum absolute atomic E-state index is 0.459. The van der Waals surface area contributed by atoms with Gasteiger partial charge in [0.1, 0.15) is 0 Å². The summed E-state index contributed by atoms with van der Waals surface area (Å²) in [5, 5.41) is 18.8. The molecule has 1 heterocycles. The van der Waals surface area contributed by atoms with Crippen LogP contribution in [0.2, 0.25) is 0 Å². The van der Waals surface area contributed by atoms with Crippen LogP contribution in [-0.2, 0) is 13.0 Å². The molecule has 4 heteroatoms. The zero-order valence-electron chi connectivity index (χ0n) is 9.70. The number of aryl methyl sites for hydroxylation is 1. The van der Waals surface area contributed by atoms with Crippen LogP contribution in [0.25, 0.3) is 0 Å². The van der Waals surface area contributed by atoms with Crippen LogP contribution in [0.5, 0.6) is 0 Å². The molecular weight excluding hydrogens is 212 g/mol. The molecule has 0 saturated carbocycles. The van der Waals surface area contributed by atoms with Crippen LogP contribution in [-0.4, -0.2) is 10.2 Å². The number of aromatic amines is 1. The number of nitrogens with one attached hydrogen (secondary N) is 2. The monoisotopic (exact) mass is 226 g/mol. The highest BCUT2D eigenvalue weighted by Gasteiger charge is 2.00. The van der Waals surface area contributed by atoms with E-state index in [-0.39, 0.29) is 0 Å². The van der Waals surface area contributed by atoms with Crippen molar-refractivity contribution in [1.82, 2.24) is 10.2 Å². The third-order valence-electron chi connectivity index (χ3n) is 2.65. The number of nitrogens with zero attached hydrogens (tertiary/aromatic N) is 2. The second-order valence-electron chi connectivity index (χ2n) is 3.91. The first-order chi connectivity index (χ1) is 8.29. The van der Waals surface area contributed by atoms with E-state index < -0.39 is 0 Å². The van der Waals surface area contributed by atoms with Crippen LogP contribution in [0.1, 0.15) is 16.8 Å². The Morgan fingerprint density at radius 2 is 2.12 bits per heavy atom. The molecule has 1 aromatic carbocycles. The molecule has 0 atom stereocenters. The van der Waals surface area contributed by atoms with Gasteiger partial charge >= 0.3 is 0 Å².